The monoisotopic (exact) mass is 290 g/mol. The summed E-state index contributed by atoms with van der Waals surface area (Å²) in [4.78, 5) is 14.4. The normalized spacial score (nSPS) is 27.7. The number of piperidine rings is 2. The maximum atomic E-state index is 12.4. The molecule has 0 aliphatic carbocycles. The van der Waals surface area contributed by atoms with E-state index in [4.69, 9.17) is 4.74 Å². The number of ether oxygens (including phenoxy) is 1. The van der Waals surface area contributed by atoms with Gasteiger partial charge in [0.25, 0.3) is 0 Å². The molecule has 0 aromatic carbocycles. The number of hydrogen-bond donors (Lipinski definition) is 1. The number of carbonyl (C=O) groups is 1. The van der Waals surface area contributed by atoms with E-state index in [2.05, 4.69) is 10.2 Å². The summed E-state index contributed by atoms with van der Waals surface area (Å²) in [5.74, 6) is 0.849. The Labute approximate surface area is 122 Å². The predicted octanol–water partition coefficient (Wildman–Crippen LogP) is 1.83. The van der Waals surface area contributed by atoms with Crippen molar-refractivity contribution in [2.45, 2.75) is 45.1 Å². The maximum absolute atomic E-state index is 12.4. The van der Waals surface area contributed by atoms with Crippen molar-refractivity contribution in [3.05, 3.63) is 0 Å². The van der Waals surface area contributed by atoms with Crippen molar-refractivity contribution in [2.75, 3.05) is 32.8 Å². The van der Waals surface area contributed by atoms with Crippen molar-refractivity contribution < 1.29 is 9.53 Å². The number of hydrogen-bond acceptors (Lipinski definition) is 3. The van der Waals surface area contributed by atoms with Crippen LogP contribution in [0.5, 0.6) is 0 Å². The van der Waals surface area contributed by atoms with Gasteiger partial charge in [-0.05, 0) is 45.1 Å². The zero-order valence-electron chi connectivity index (χ0n) is 11.9. The van der Waals surface area contributed by atoms with Crippen LogP contribution in [0.4, 0.5) is 0 Å². The van der Waals surface area contributed by atoms with E-state index >= 15 is 0 Å². The van der Waals surface area contributed by atoms with Crippen LogP contribution in [0.1, 0.15) is 39.0 Å². The minimum Gasteiger partial charge on any atom is -0.381 e. The highest BCUT2D eigenvalue weighted by atomic mass is 35.5. The average molecular weight is 291 g/mol. The number of nitrogens with zero attached hydrogens (tertiary/aromatic N) is 1. The van der Waals surface area contributed by atoms with Crippen LogP contribution in [0.2, 0.25) is 0 Å². The largest absolute Gasteiger partial charge is 0.381 e. The van der Waals surface area contributed by atoms with Crippen molar-refractivity contribution in [3.8, 4) is 0 Å². The molecule has 2 aliphatic heterocycles. The third-order valence-corrected chi connectivity index (χ3v) is 4.00. The molecule has 4 nitrogen and oxygen atoms in total. The molecule has 2 atom stereocenters. The lowest BCUT2D eigenvalue weighted by Crippen LogP contribution is -2.51. The lowest BCUT2D eigenvalue weighted by molar-refractivity contribution is -0.136. The fourth-order valence-electron chi connectivity index (χ4n) is 2.97. The van der Waals surface area contributed by atoms with Crippen LogP contribution in [-0.4, -0.2) is 49.7 Å². The van der Waals surface area contributed by atoms with Crippen molar-refractivity contribution in [2.24, 2.45) is 5.92 Å². The Balaban J connectivity index is 0.00000180. The first kappa shape index (κ1) is 16.7. The molecule has 2 saturated heterocycles. The third-order valence-electron chi connectivity index (χ3n) is 4.00. The molecule has 1 N–H and O–H groups in total. The summed E-state index contributed by atoms with van der Waals surface area (Å²) in [6.07, 6.45) is 5.71. The van der Waals surface area contributed by atoms with Crippen LogP contribution < -0.4 is 5.32 Å². The van der Waals surface area contributed by atoms with Gasteiger partial charge in [0.15, 0.2) is 0 Å². The molecular formula is C14H27ClN2O2. The molecule has 19 heavy (non-hydrogen) atoms. The van der Waals surface area contributed by atoms with Crippen molar-refractivity contribution in [1.29, 1.82) is 0 Å². The van der Waals surface area contributed by atoms with Gasteiger partial charge in [0.1, 0.15) is 0 Å². The van der Waals surface area contributed by atoms with Crippen molar-refractivity contribution in [1.82, 2.24) is 10.2 Å². The third kappa shape index (κ3) is 4.93. The molecule has 0 aromatic rings. The topological polar surface area (TPSA) is 41.6 Å². The molecule has 0 saturated carbocycles. The number of halogens is 1. The number of nitrogens with one attached hydrogen (secondary N) is 1. The van der Waals surface area contributed by atoms with E-state index < -0.39 is 0 Å². The van der Waals surface area contributed by atoms with E-state index in [9.17, 15) is 4.79 Å². The number of likely N-dealkylation sites (tertiary alicyclic amines) is 1. The second-order valence-corrected chi connectivity index (χ2v) is 5.45. The summed E-state index contributed by atoms with van der Waals surface area (Å²) in [5, 5.41) is 3.35. The molecule has 112 valence electrons. The molecule has 0 spiro atoms. The predicted molar refractivity (Wildman–Crippen MR) is 78.7 cm³/mol. The first-order valence-corrected chi connectivity index (χ1v) is 7.41. The molecule has 5 heteroatoms. The molecule has 0 bridgehead atoms. The Morgan fingerprint density at radius 1 is 1.32 bits per heavy atom. The van der Waals surface area contributed by atoms with Crippen molar-refractivity contribution >= 4 is 18.3 Å². The first-order valence-electron chi connectivity index (χ1n) is 7.41. The Hall–Kier alpha value is -0.320. The average Bonchev–Trinajstić information content (AvgIpc) is 2.45. The van der Waals surface area contributed by atoms with Gasteiger partial charge in [-0.15, -0.1) is 12.4 Å². The zero-order chi connectivity index (χ0) is 12.8. The highest BCUT2D eigenvalue weighted by molar-refractivity contribution is 5.85. The quantitative estimate of drug-likeness (QED) is 0.859. The molecule has 1 amide bonds. The summed E-state index contributed by atoms with van der Waals surface area (Å²) in [7, 11) is 0. The SMILES string of the molecule is CCOCC1CCCN(C(=O)C2CCCCN2)C1.Cl. The van der Waals surface area contributed by atoms with Gasteiger partial charge in [-0.2, -0.15) is 0 Å². The van der Waals surface area contributed by atoms with Gasteiger partial charge in [0.05, 0.1) is 12.6 Å². The number of amides is 1. The summed E-state index contributed by atoms with van der Waals surface area (Å²) in [5.41, 5.74) is 0. The molecule has 2 unspecified atom stereocenters. The van der Waals surface area contributed by atoms with E-state index in [-0.39, 0.29) is 18.4 Å². The summed E-state index contributed by atoms with van der Waals surface area (Å²) in [6, 6.07) is 0.0737. The molecule has 2 fully saturated rings. The Kier molecular flexibility index (Phi) is 7.73. The number of carbonyl (C=O) groups excluding carboxylic acids is 1. The maximum Gasteiger partial charge on any atom is 0.239 e. The van der Waals surface area contributed by atoms with E-state index in [0.717, 1.165) is 45.7 Å². The summed E-state index contributed by atoms with van der Waals surface area (Å²) >= 11 is 0. The first-order chi connectivity index (χ1) is 8.81. The lowest BCUT2D eigenvalue weighted by Gasteiger charge is -2.36. The van der Waals surface area contributed by atoms with Gasteiger partial charge in [0, 0.05) is 19.7 Å². The van der Waals surface area contributed by atoms with Crippen LogP contribution in [0.3, 0.4) is 0 Å². The van der Waals surface area contributed by atoms with Gasteiger partial charge in [-0.1, -0.05) is 6.42 Å². The fraction of sp³-hybridized carbons (Fsp3) is 0.929. The van der Waals surface area contributed by atoms with Crippen LogP contribution in [0, 0.1) is 5.92 Å². The Morgan fingerprint density at radius 2 is 2.16 bits per heavy atom. The lowest BCUT2D eigenvalue weighted by atomic mass is 9.97. The minimum atomic E-state index is 0. The van der Waals surface area contributed by atoms with Crippen LogP contribution >= 0.6 is 12.4 Å². The molecule has 0 radical (unpaired) electrons. The fourth-order valence-corrected chi connectivity index (χ4v) is 2.97. The molecule has 2 heterocycles. The Bertz CT molecular complexity index is 270. The van der Waals surface area contributed by atoms with Crippen LogP contribution in [-0.2, 0) is 9.53 Å². The molecule has 2 rings (SSSR count). The van der Waals surface area contributed by atoms with E-state index in [1.807, 2.05) is 6.92 Å². The second kappa shape index (κ2) is 8.77. The highest BCUT2D eigenvalue weighted by Crippen LogP contribution is 2.19. The highest BCUT2D eigenvalue weighted by Gasteiger charge is 2.29. The second-order valence-electron chi connectivity index (χ2n) is 5.45. The summed E-state index contributed by atoms with van der Waals surface area (Å²) < 4.78 is 5.49. The van der Waals surface area contributed by atoms with Gasteiger partial charge in [0.2, 0.25) is 5.91 Å². The number of rotatable bonds is 4. The molecule has 2 aliphatic rings. The molecular weight excluding hydrogens is 264 g/mol. The minimum absolute atomic E-state index is 0. The van der Waals surface area contributed by atoms with E-state index in [1.54, 1.807) is 0 Å². The van der Waals surface area contributed by atoms with Crippen molar-refractivity contribution in [3.63, 3.8) is 0 Å². The van der Waals surface area contributed by atoms with Crippen LogP contribution in [0.15, 0.2) is 0 Å². The summed E-state index contributed by atoms with van der Waals surface area (Å²) in [6.45, 7) is 6.41. The van der Waals surface area contributed by atoms with Gasteiger partial charge in [-0.25, -0.2) is 0 Å². The van der Waals surface area contributed by atoms with E-state index in [1.165, 1.54) is 19.3 Å². The van der Waals surface area contributed by atoms with Gasteiger partial charge < -0.3 is 15.0 Å². The molecule has 0 aromatic heterocycles. The van der Waals surface area contributed by atoms with Crippen LogP contribution in [0.25, 0.3) is 0 Å². The van der Waals surface area contributed by atoms with E-state index in [0.29, 0.717) is 11.8 Å². The van der Waals surface area contributed by atoms with Gasteiger partial charge in [-0.3, -0.25) is 4.79 Å². The Morgan fingerprint density at radius 3 is 2.84 bits per heavy atom. The standard InChI is InChI=1S/C14H26N2O2.ClH/c1-2-18-11-12-6-5-9-16(10-12)14(17)13-7-3-4-8-15-13;/h12-13,15H,2-11H2,1H3;1H. The zero-order valence-corrected chi connectivity index (χ0v) is 12.7. The van der Waals surface area contributed by atoms with Gasteiger partial charge >= 0.3 is 0 Å². The smallest absolute Gasteiger partial charge is 0.239 e.